The zero-order chi connectivity index (χ0) is 20.8. The summed E-state index contributed by atoms with van der Waals surface area (Å²) >= 11 is 0. The molecule has 0 saturated carbocycles. The van der Waals surface area contributed by atoms with Crippen molar-refractivity contribution >= 4 is 11.8 Å². The van der Waals surface area contributed by atoms with Crippen LogP contribution >= 0.6 is 0 Å². The molecule has 2 amide bonds. The summed E-state index contributed by atoms with van der Waals surface area (Å²) in [6.45, 7) is -2.76. The molecule has 0 bridgehead atoms. The molecule has 1 aliphatic rings. The quantitative estimate of drug-likeness (QED) is 0.739. The number of para-hydroxylation sites is 1. The van der Waals surface area contributed by atoms with Crippen LogP contribution in [-0.2, 0) is 4.79 Å². The maximum Gasteiger partial charge on any atom is 0.387 e. The van der Waals surface area contributed by atoms with Crippen molar-refractivity contribution in [1.82, 2.24) is 10.6 Å². The second kappa shape index (κ2) is 9.22. The van der Waals surface area contributed by atoms with E-state index in [4.69, 9.17) is 9.47 Å². The van der Waals surface area contributed by atoms with Crippen LogP contribution in [-0.4, -0.2) is 38.7 Å². The number of benzene rings is 2. The van der Waals surface area contributed by atoms with Crippen molar-refractivity contribution in [3.05, 3.63) is 53.6 Å². The van der Waals surface area contributed by atoms with Gasteiger partial charge in [0.2, 0.25) is 5.91 Å². The zero-order valence-electron chi connectivity index (χ0n) is 15.6. The van der Waals surface area contributed by atoms with Crippen molar-refractivity contribution in [3.8, 4) is 17.2 Å². The molecule has 1 aliphatic heterocycles. The SMILES string of the molecule is COc1cc(C(=O)NCC(=O)NC2CCOc3ccccc32)ccc1OC(F)F. The van der Waals surface area contributed by atoms with Crippen molar-refractivity contribution in [1.29, 1.82) is 0 Å². The molecule has 2 N–H and O–H groups in total. The smallest absolute Gasteiger partial charge is 0.387 e. The van der Waals surface area contributed by atoms with Crippen LogP contribution in [0.2, 0.25) is 0 Å². The predicted molar refractivity (Wildman–Crippen MR) is 99.4 cm³/mol. The van der Waals surface area contributed by atoms with E-state index >= 15 is 0 Å². The van der Waals surface area contributed by atoms with Gasteiger partial charge in [0.1, 0.15) is 5.75 Å². The van der Waals surface area contributed by atoms with E-state index in [-0.39, 0.29) is 35.6 Å². The Kier molecular flexibility index (Phi) is 6.48. The number of carbonyl (C=O) groups excluding carboxylic acids is 2. The van der Waals surface area contributed by atoms with Gasteiger partial charge in [0.05, 0.1) is 26.3 Å². The third-order valence-corrected chi connectivity index (χ3v) is 4.35. The number of fused-ring (bicyclic) bond motifs is 1. The molecule has 2 aromatic carbocycles. The third-order valence-electron chi connectivity index (χ3n) is 4.35. The minimum atomic E-state index is -3.01. The van der Waals surface area contributed by atoms with E-state index in [1.54, 1.807) is 0 Å². The first-order valence-corrected chi connectivity index (χ1v) is 8.90. The van der Waals surface area contributed by atoms with Gasteiger partial charge in [-0.05, 0) is 24.3 Å². The van der Waals surface area contributed by atoms with Gasteiger partial charge in [0.15, 0.2) is 11.5 Å². The summed E-state index contributed by atoms with van der Waals surface area (Å²) in [6.07, 6.45) is 0.625. The van der Waals surface area contributed by atoms with E-state index in [2.05, 4.69) is 15.4 Å². The molecule has 3 rings (SSSR count). The molecular weight excluding hydrogens is 386 g/mol. The maximum absolute atomic E-state index is 12.4. The standard InChI is InChI=1S/C20H20F2N2O5/c1-27-17-10-12(6-7-16(17)29-20(21)22)19(26)23-11-18(25)24-14-8-9-28-15-5-3-2-4-13(14)15/h2-7,10,14,20H,8-9,11H2,1H3,(H,23,26)(H,24,25). The van der Waals surface area contributed by atoms with E-state index in [9.17, 15) is 18.4 Å². The lowest BCUT2D eigenvalue weighted by molar-refractivity contribution is -0.121. The zero-order valence-corrected chi connectivity index (χ0v) is 15.6. The first kappa shape index (κ1) is 20.4. The maximum atomic E-state index is 12.4. The third kappa shape index (κ3) is 5.13. The molecule has 1 atom stereocenters. The summed E-state index contributed by atoms with van der Waals surface area (Å²) in [5.74, 6) is -0.374. The number of hydrogen-bond donors (Lipinski definition) is 2. The van der Waals surface area contributed by atoms with Gasteiger partial charge in [-0.1, -0.05) is 18.2 Å². The second-order valence-corrected chi connectivity index (χ2v) is 6.22. The molecule has 0 fully saturated rings. The fraction of sp³-hybridized carbons (Fsp3) is 0.300. The van der Waals surface area contributed by atoms with Crippen LogP contribution in [0, 0.1) is 0 Å². The Morgan fingerprint density at radius 1 is 1.21 bits per heavy atom. The van der Waals surface area contributed by atoms with Crippen LogP contribution in [0.1, 0.15) is 28.4 Å². The Bertz CT molecular complexity index is 891. The highest BCUT2D eigenvalue weighted by Gasteiger charge is 2.23. The molecule has 154 valence electrons. The van der Waals surface area contributed by atoms with Gasteiger partial charge in [-0.2, -0.15) is 8.78 Å². The Morgan fingerprint density at radius 2 is 2.00 bits per heavy atom. The van der Waals surface area contributed by atoms with Crippen LogP contribution in [0.25, 0.3) is 0 Å². The van der Waals surface area contributed by atoms with Crippen molar-refractivity contribution in [2.24, 2.45) is 0 Å². The number of carbonyl (C=O) groups is 2. The lowest BCUT2D eigenvalue weighted by Crippen LogP contribution is -2.40. The van der Waals surface area contributed by atoms with Crippen LogP contribution in [0.3, 0.4) is 0 Å². The summed E-state index contributed by atoms with van der Waals surface area (Å²) < 4.78 is 39.6. The van der Waals surface area contributed by atoms with Gasteiger partial charge in [-0.3, -0.25) is 9.59 Å². The van der Waals surface area contributed by atoms with E-state index < -0.39 is 12.5 Å². The van der Waals surface area contributed by atoms with Crippen molar-refractivity contribution in [3.63, 3.8) is 0 Å². The molecule has 0 saturated heterocycles. The van der Waals surface area contributed by atoms with E-state index in [0.29, 0.717) is 13.0 Å². The van der Waals surface area contributed by atoms with Gasteiger partial charge < -0.3 is 24.8 Å². The van der Waals surface area contributed by atoms with Crippen molar-refractivity contribution < 1.29 is 32.6 Å². The number of halogens is 2. The predicted octanol–water partition coefficient (Wildman–Crippen LogP) is 2.67. The van der Waals surface area contributed by atoms with Gasteiger partial charge in [-0.25, -0.2) is 0 Å². The summed E-state index contributed by atoms with van der Waals surface area (Å²) in [6, 6.07) is 11.0. The number of nitrogens with one attached hydrogen (secondary N) is 2. The average Bonchev–Trinajstić information content (AvgIpc) is 2.72. The summed E-state index contributed by atoms with van der Waals surface area (Å²) in [5, 5.41) is 5.37. The number of methoxy groups -OCH3 is 1. The molecule has 1 heterocycles. The number of hydrogen-bond acceptors (Lipinski definition) is 5. The van der Waals surface area contributed by atoms with E-state index in [0.717, 1.165) is 11.3 Å². The Morgan fingerprint density at radius 3 is 2.76 bits per heavy atom. The topological polar surface area (TPSA) is 85.9 Å². The first-order valence-electron chi connectivity index (χ1n) is 8.90. The lowest BCUT2D eigenvalue weighted by Gasteiger charge is -2.26. The molecule has 1 unspecified atom stereocenters. The molecule has 9 heteroatoms. The largest absolute Gasteiger partial charge is 0.493 e. The van der Waals surface area contributed by atoms with E-state index in [1.807, 2.05) is 24.3 Å². The van der Waals surface area contributed by atoms with Crippen molar-refractivity contribution in [2.45, 2.75) is 19.1 Å². The molecule has 0 spiro atoms. The van der Waals surface area contributed by atoms with Crippen LogP contribution in [0.4, 0.5) is 8.78 Å². The number of amides is 2. The van der Waals surface area contributed by atoms with Crippen LogP contribution in [0.15, 0.2) is 42.5 Å². The number of alkyl halides is 2. The fourth-order valence-corrected chi connectivity index (χ4v) is 3.00. The normalized spacial score (nSPS) is 15.1. The Labute approximate surface area is 165 Å². The highest BCUT2D eigenvalue weighted by molar-refractivity contribution is 5.97. The van der Waals surface area contributed by atoms with Gasteiger partial charge in [0, 0.05) is 17.5 Å². The fourth-order valence-electron chi connectivity index (χ4n) is 3.00. The second-order valence-electron chi connectivity index (χ2n) is 6.22. The first-order chi connectivity index (χ1) is 14.0. The van der Waals surface area contributed by atoms with Crippen LogP contribution < -0.4 is 24.8 Å². The summed E-state index contributed by atoms with van der Waals surface area (Å²) in [7, 11) is 1.27. The minimum absolute atomic E-state index is 0.0128. The highest BCUT2D eigenvalue weighted by atomic mass is 19.3. The number of rotatable bonds is 7. The Balaban J connectivity index is 1.57. The molecular formula is C20H20F2N2O5. The average molecular weight is 406 g/mol. The molecule has 0 aliphatic carbocycles. The summed E-state index contributed by atoms with van der Waals surface area (Å²) in [5.41, 5.74) is 1.03. The number of ether oxygens (including phenoxy) is 3. The lowest BCUT2D eigenvalue weighted by atomic mass is 10.0. The molecule has 29 heavy (non-hydrogen) atoms. The van der Waals surface area contributed by atoms with Gasteiger partial charge in [0.25, 0.3) is 5.91 Å². The molecule has 7 nitrogen and oxygen atoms in total. The molecule has 0 aromatic heterocycles. The van der Waals surface area contributed by atoms with Gasteiger partial charge >= 0.3 is 6.61 Å². The minimum Gasteiger partial charge on any atom is -0.493 e. The van der Waals surface area contributed by atoms with Gasteiger partial charge in [-0.15, -0.1) is 0 Å². The van der Waals surface area contributed by atoms with E-state index in [1.165, 1.54) is 25.3 Å². The van der Waals surface area contributed by atoms with Crippen molar-refractivity contribution in [2.75, 3.05) is 20.3 Å². The molecule has 2 aromatic rings. The highest BCUT2D eigenvalue weighted by Crippen LogP contribution is 2.31. The molecule has 0 radical (unpaired) electrons. The summed E-state index contributed by atoms with van der Waals surface area (Å²) in [4.78, 5) is 24.5. The van der Waals surface area contributed by atoms with Crippen LogP contribution in [0.5, 0.6) is 17.2 Å². The Hall–Kier alpha value is -3.36. The monoisotopic (exact) mass is 406 g/mol.